The second-order valence-corrected chi connectivity index (χ2v) is 5.03. The lowest BCUT2D eigenvalue weighted by atomic mass is 9.98. The van der Waals surface area contributed by atoms with Gasteiger partial charge in [0, 0.05) is 12.2 Å². The van der Waals surface area contributed by atoms with E-state index in [-0.39, 0.29) is 12.5 Å². The third kappa shape index (κ3) is 2.78. The fraction of sp³-hybridized carbons (Fsp3) is 0.667. The minimum absolute atomic E-state index is 0.0130. The molecule has 94 valence electrons. The van der Waals surface area contributed by atoms with Gasteiger partial charge in [0.15, 0.2) is 0 Å². The molecule has 1 fully saturated rings. The largest absolute Gasteiger partial charge is 0.382 e. The van der Waals surface area contributed by atoms with E-state index in [9.17, 15) is 4.79 Å². The number of hydrogen-bond acceptors (Lipinski definition) is 3. The quantitative estimate of drug-likeness (QED) is 0.822. The Hall–Kier alpha value is -1.52. The number of nitrogens with one attached hydrogen (secondary N) is 1. The standard InChI is InChI=1S/C12H20N4O/c1-8-3-4-10(9(8)2)14-12(17)7-16-6-5-11(13)15-16/h5-6,8-10H,3-4,7H2,1-2H3,(H2,13,15)(H,14,17). The maximum Gasteiger partial charge on any atom is 0.241 e. The first-order chi connectivity index (χ1) is 8.06. The van der Waals surface area contributed by atoms with Crippen LogP contribution in [-0.4, -0.2) is 21.7 Å². The van der Waals surface area contributed by atoms with Crippen LogP contribution in [0.5, 0.6) is 0 Å². The van der Waals surface area contributed by atoms with E-state index in [1.54, 1.807) is 16.9 Å². The molecule has 5 nitrogen and oxygen atoms in total. The molecule has 1 aliphatic carbocycles. The van der Waals surface area contributed by atoms with Crippen LogP contribution in [0.3, 0.4) is 0 Å². The molecule has 0 radical (unpaired) electrons. The first-order valence-corrected chi connectivity index (χ1v) is 6.14. The van der Waals surface area contributed by atoms with Gasteiger partial charge >= 0.3 is 0 Å². The highest BCUT2D eigenvalue weighted by Crippen LogP contribution is 2.30. The summed E-state index contributed by atoms with van der Waals surface area (Å²) < 4.78 is 1.56. The molecule has 0 saturated heterocycles. The minimum atomic E-state index is 0.0130. The molecule has 3 atom stereocenters. The van der Waals surface area contributed by atoms with Crippen molar-refractivity contribution in [1.29, 1.82) is 0 Å². The zero-order chi connectivity index (χ0) is 12.4. The normalized spacial score (nSPS) is 28.2. The van der Waals surface area contributed by atoms with Gasteiger partial charge in [-0.25, -0.2) is 0 Å². The number of nitrogens with two attached hydrogens (primary N) is 1. The molecule has 0 bridgehead atoms. The fourth-order valence-electron chi connectivity index (χ4n) is 2.43. The van der Waals surface area contributed by atoms with E-state index in [4.69, 9.17) is 5.73 Å². The molecule has 1 saturated carbocycles. The summed E-state index contributed by atoms with van der Waals surface area (Å²) in [7, 11) is 0. The highest BCUT2D eigenvalue weighted by atomic mass is 16.2. The lowest BCUT2D eigenvalue weighted by Gasteiger charge is -2.19. The number of rotatable bonds is 3. The van der Waals surface area contributed by atoms with E-state index in [1.807, 2.05) is 0 Å². The van der Waals surface area contributed by atoms with Crippen LogP contribution in [0.2, 0.25) is 0 Å². The summed E-state index contributed by atoms with van der Waals surface area (Å²) >= 11 is 0. The lowest BCUT2D eigenvalue weighted by Crippen LogP contribution is -2.39. The highest BCUT2D eigenvalue weighted by Gasteiger charge is 2.30. The van der Waals surface area contributed by atoms with Crippen LogP contribution < -0.4 is 11.1 Å². The Morgan fingerprint density at radius 1 is 1.59 bits per heavy atom. The van der Waals surface area contributed by atoms with Crippen molar-refractivity contribution < 1.29 is 4.79 Å². The Labute approximate surface area is 101 Å². The van der Waals surface area contributed by atoms with Crippen molar-refractivity contribution in [2.45, 2.75) is 39.3 Å². The first-order valence-electron chi connectivity index (χ1n) is 6.14. The van der Waals surface area contributed by atoms with Gasteiger partial charge in [0.05, 0.1) is 0 Å². The molecule has 17 heavy (non-hydrogen) atoms. The maximum absolute atomic E-state index is 11.8. The van der Waals surface area contributed by atoms with Gasteiger partial charge in [0.25, 0.3) is 0 Å². The molecule has 0 aliphatic heterocycles. The number of aromatic nitrogens is 2. The number of carbonyl (C=O) groups is 1. The van der Waals surface area contributed by atoms with Crippen LogP contribution in [0.25, 0.3) is 0 Å². The molecule has 3 unspecified atom stereocenters. The molecule has 1 amide bonds. The molecule has 5 heteroatoms. The molecule has 2 rings (SSSR count). The zero-order valence-electron chi connectivity index (χ0n) is 10.4. The minimum Gasteiger partial charge on any atom is -0.382 e. The van der Waals surface area contributed by atoms with Crippen LogP contribution in [0.4, 0.5) is 5.82 Å². The van der Waals surface area contributed by atoms with Gasteiger partial charge in [-0.05, 0) is 30.7 Å². The van der Waals surface area contributed by atoms with Crippen molar-refractivity contribution in [2.75, 3.05) is 5.73 Å². The molecule has 1 aromatic heterocycles. The maximum atomic E-state index is 11.8. The van der Waals surface area contributed by atoms with Gasteiger partial charge < -0.3 is 11.1 Å². The van der Waals surface area contributed by atoms with Crippen molar-refractivity contribution in [3.05, 3.63) is 12.3 Å². The number of carbonyl (C=O) groups excluding carboxylic acids is 1. The summed E-state index contributed by atoms with van der Waals surface area (Å²) in [6, 6.07) is 2.00. The van der Waals surface area contributed by atoms with E-state index >= 15 is 0 Å². The van der Waals surface area contributed by atoms with E-state index in [0.29, 0.717) is 23.7 Å². The first kappa shape index (κ1) is 12.0. The van der Waals surface area contributed by atoms with Gasteiger partial charge in [-0.3, -0.25) is 9.48 Å². The number of hydrogen-bond donors (Lipinski definition) is 2. The van der Waals surface area contributed by atoms with Crippen LogP contribution in [0.15, 0.2) is 12.3 Å². The zero-order valence-corrected chi connectivity index (χ0v) is 10.4. The van der Waals surface area contributed by atoms with Crippen LogP contribution in [0, 0.1) is 11.8 Å². The topological polar surface area (TPSA) is 72.9 Å². The summed E-state index contributed by atoms with van der Waals surface area (Å²) in [5, 5.41) is 7.07. The van der Waals surface area contributed by atoms with Gasteiger partial charge in [0.1, 0.15) is 12.4 Å². The Morgan fingerprint density at radius 2 is 2.35 bits per heavy atom. The Balaban J connectivity index is 1.85. The van der Waals surface area contributed by atoms with E-state index in [1.165, 1.54) is 6.42 Å². The van der Waals surface area contributed by atoms with Gasteiger partial charge in [0.2, 0.25) is 5.91 Å². The summed E-state index contributed by atoms with van der Waals surface area (Å²) in [4.78, 5) is 11.8. The van der Waals surface area contributed by atoms with Crippen molar-refractivity contribution in [3.63, 3.8) is 0 Å². The van der Waals surface area contributed by atoms with Crippen LogP contribution in [-0.2, 0) is 11.3 Å². The summed E-state index contributed by atoms with van der Waals surface area (Å²) in [5.74, 6) is 1.71. The SMILES string of the molecule is CC1CCC(NC(=O)Cn2ccc(N)n2)C1C. The Kier molecular flexibility index (Phi) is 3.36. The number of nitrogens with zero attached hydrogens (tertiary/aromatic N) is 2. The van der Waals surface area contributed by atoms with Crippen molar-refractivity contribution in [2.24, 2.45) is 11.8 Å². The second-order valence-electron chi connectivity index (χ2n) is 5.03. The molecule has 1 aromatic rings. The van der Waals surface area contributed by atoms with Crippen LogP contribution in [0.1, 0.15) is 26.7 Å². The Morgan fingerprint density at radius 3 is 2.88 bits per heavy atom. The lowest BCUT2D eigenvalue weighted by molar-refractivity contribution is -0.122. The average molecular weight is 236 g/mol. The van der Waals surface area contributed by atoms with Gasteiger partial charge in [-0.15, -0.1) is 0 Å². The predicted octanol–water partition coefficient (Wildman–Crippen LogP) is 1.02. The summed E-state index contributed by atoms with van der Waals surface area (Å²) in [6.07, 6.45) is 3.99. The smallest absolute Gasteiger partial charge is 0.241 e. The Bertz CT molecular complexity index is 401. The predicted molar refractivity (Wildman–Crippen MR) is 66.1 cm³/mol. The van der Waals surface area contributed by atoms with Crippen molar-refractivity contribution in [3.8, 4) is 0 Å². The second kappa shape index (κ2) is 4.77. The summed E-state index contributed by atoms with van der Waals surface area (Å²) in [6.45, 7) is 4.69. The number of amides is 1. The third-order valence-electron chi connectivity index (χ3n) is 3.78. The molecule has 0 spiro atoms. The molecular weight excluding hydrogens is 216 g/mol. The van der Waals surface area contributed by atoms with Crippen LogP contribution >= 0.6 is 0 Å². The van der Waals surface area contributed by atoms with Gasteiger partial charge in [-0.1, -0.05) is 13.8 Å². The average Bonchev–Trinajstić information content (AvgIpc) is 2.79. The number of nitrogen functional groups attached to an aromatic ring is 1. The molecule has 1 heterocycles. The van der Waals surface area contributed by atoms with E-state index in [0.717, 1.165) is 6.42 Å². The molecule has 0 aromatic carbocycles. The fourth-order valence-corrected chi connectivity index (χ4v) is 2.43. The monoisotopic (exact) mass is 236 g/mol. The molecular formula is C12H20N4O. The molecule has 1 aliphatic rings. The third-order valence-corrected chi connectivity index (χ3v) is 3.78. The number of anilines is 1. The van der Waals surface area contributed by atoms with E-state index in [2.05, 4.69) is 24.3 Å². The van der Waals surface area contributed by atoms with Crippen molar-refractivity contribution in [1.82, 2.24) is 15.1 Å². The van der Waals surface area contributed by atoms with E-state index < -0.39 is 0 Å². The highest BCUT2D eigenvalue weighted by molar-refractivity contribution is 5.76. The van der Waals surface area contributed by atoms with Gasteiger partial charge in [-0.2, -0.15) is 5.10 Å². The van der Waals surface area contributed by atoms with Crippen molar-refractivity contribution >= 4 is 11.7 Å². The molecule has 3 N–H and O–H groups in total. The summed E-state index contributed by atoms with van der Waals surface area (Å²) in [5.41, 5.74) is 5.49.